The van der Waals surface area contributed by atoms with E-state index in [9.17, 15) is 5.11 Å². The highest BCUT2D eigenvalue weighted by Crippen LogP contribution is 2.27. The Labute approximate surface area is 137 Å². The molecule has 3 N–H and O–H groups in total. The molecule has 0 unspecified atom stereocenters. The normalized spacial score (nSPS) is 12.4. The Hall–Kier alpha value is -1.38. The number of ether oxygens (including phenoxy) is 3. The molecule has 0 saturated heterocycles. The molecule has 0 aliphatic rings. The molecular formula is C16H27NO6. The molecule has 0 aliphatic heterocycles. The lowest BCUT2D eigenvalue weighted by Crippen LogP contribution is -2.38. The summed E-state index contributed by atoms with van der Waals surface area (Å²) in [7, 11) is 3.15. The second-order valence-corrected chi connectivity index (χ2v) is 5.11. The first kappa shape index (κ1) is 19.7. The highest BCUT2D eigenvalue weighted by atomic mass is 16.5. The molecule has 7 nitrogen and oxygen atoms in total. The van der Waals surface area contributed by atoms with E-state index in [0.29, 0.717) is 37.7 Å². The fourth-order valence-electron chi connectivity index (χ4n) is 2.21. The Morgan fingerprint density at radius 1 is 1.04 bits per heavy atom. The third kappa shape index (κ3) is 7.15. The van der Waals surface area contributed by atoms with Crippen molar-refractivity contribution in [1.82, 2.24) is 4.90 Å². The summed E-state index contributed by atoms with van der Waals surface area (Å²) in [5.74, 6) is 1.28. The molecule has 1 atom stereocenters. The van der Waals surface area contributed by atoms with Crippen molar-refractivity contribution in [3.05, 3.63) is 23.8 Å². The van der Waals surface area contributed by atoms with Gasteiger partial charge >= 0.3 is 0 Å². The smallest absolute Gasteiger partial charge is 0.161 e. The van der Waals surface area contributed by atoms with E-state index in [-0.39, 0.29) is 19.8 Å². The summed E-state index contributed by atoms with van der Waals surface area (Å²) in [4.78, 5) is 1.78. The maximum Gasteiger partial charge on any atom is 0.161 e. The van der Waals surface area contributed by atoms with Gasteiger partial charge in [0, 0.05) is 19.6 Å². The van der Waals surface area contributed by atoms with Gasteiger partial charge in [-0.25, -0.2) is 0 Å². The van der Waals surface area contributed by atoms with Crippen LogP contribution in [0.2, 0.25) is 0 Å². The van der Waals surface area contributed by atoms with Gasteiger partial charge in [0.25, 0.3) is 0 Å². The van der Waals surface area contributed by atoms with Crippen molar-refractivity contribution in [1.29, 1.82) is 0 Å². The van der Waals surface area contributed by atoms with Crippen molar-refractivity contribution in [3.63, 3.8) is 0 Å². The van der Waals surface area contributed by atoms with Crippen molar-refractivity contribution < 1.29 is 29.5 Å². The summed E-state index contributed by atoms with van der Waals surface area (Å²) in [6, 6.07) is 5.50. The van der Waals surface area contributed by atoms with E-state index in [1.54, 1.807) is 25.2 Å². The minimum Gasteiger partial charge on any atom is -0.493 e. The molecule has 1 rings (SSSR count). The van der Waals surface area contributed by atoms with Gasteiger partial charge in [0.15, 0.2) is 11.5 Å². The Kier molecular flexibility index (Phi) is 9.58. The van der Waals surface area contributed by atoms with E-state index in [2.05, 4.69) is 0 Å². The fourth-order valence-corrected chi connectivity index (χ4v) is 2.21. The third-order valence-electron chi connectivity index (χ3n) is 3.33. The number of aliphatic hydroxyl groups is 3. The van der Waals surface area contributed by atoms with Gasteiger partial charge in [0.1, 0.15) is 0 Å². The molecule has 0 aliphatic carbocycles. The van der Waals surface area contributed by atoms with Crippen molar-refractivity contribution in [2.75, 3.05) is 53.7 Å². The van der Waals surface area contributed by atoms with Gasteiger partial charge in [-0.15, -0.1) is 0 Å². The number of nitrogens with zero attached hydrogens (tertiary/aromatic N) is 1. The number of hydrogen-bond donors (Lipinski definition) is 3. The zero-order chi connectivity index (χ0) is 17.1. The van der Waals surface area contributed by atoms with Crippen LogP contribution in [-0.2, 0) is 11.3 Å². The molecule has 1 aromatic rings. The summed E-state index contributed by atoms with van der Waals surface area (Å²) in [5, 5.41) is 27.8. The van der Waals surface area contributed by atoms with Crippen LogP contribution in [0.4, 0.5) is 0 Å². The van der Waals surface area contributed by atoms with Gasteiger partial charge in [0.2, 0.25) is 0 Å². The molecule has 0 amide bonds. The van der Waals surface area contributed by atoms with Crippen molar-refractivity contribution in [2.45, 2.75) is 12.7 Å². The Bertz CT molecular complexity index is 437. The summed E-state index contributed by atoms with van der Waals surface area (Å²) >= 11 is 0. The summed E-state index contributed by atoms with van der Waals surface area (Å²) < 4.78 is 15.9. The lowest BCUT2D eigenvalue weighted by Gasteiger charge is -2.23. The van der Waals surface area contributed by atoms with Crippen molar-refractivity contribution in [3.8, 4) is 11.5 Å². The second kappa shape index (κ2) is 11.2. The predicted molar refractivity (Wildman–Crippen MR) is 85.8 cm³/mol. The lowest BCUT2D eigenvalue weighted by molar-refractivity contribution is 0.00520. The molecule has 132 valence electrons. The molecule has 0 saturated carbocycles. The van der Waals surface area contributed by atoms with Crippen LogP contribution in [0.5, 0.6) is 11.5 Å². The van der Waals surface area contributed by atoms with Gasteiger partial charge in [0.05, 0.1) is 46.8 Å². The molecular weight excluding hydrogens is 302 g/mol. The van der Waals surface area contributed by atoms with Gasteiger partial charge in [-0.1, -0.05) is 6.07 Å². The first-order valence-electron chi connectivity index (χ1n) is 7.55. The number of methoxy groups -OCH3 is 2. The number of rotatable bonds is 12. The molecule has 0 bridgehead atoms. The first-order chi connectivity index (χ1) is 11.1. The van der Waals surface area contributed by atoms with Crippen LogP contribution in [0.1, 0.15) is 5.56 Å². The van der Waals surface area contributed by atoms with E-state index < -0.39 is 6.10 Å². The highest BCUT2D eigenvalue weighted by Gasteiger charge is 2.12. The first-order valence-corrected chi connectivity index (χ1v) is 7.55. The maximum atomic E-state index is 9.96. The van der Waals surface area contributed by atoms with Crippen LogP contribution < -0.4 is 9.47 Å². The average Bonchev–Trinajstić information content (AvgIpc) is 2.55. The quantitative estimate of drug-likeness (QED) is 0.492. The molecule has 23 heavy (non-hydrogen) atoms. The second-order valence-electron chi connectivity index (χ2n) is 5.11. The number of benzene rings is 1. The average molecular weight is 329 g/mol. The number of aliphatic hydroxyl groups excluding tert-OH is 3. The fraction of sp³-hybridized carbons (Fsp3) is 0.625. The minimum atomic E-state index is -0.687. The molecule has 0 spiro atoms. The Morgan fingerprint density at radius 3 is 2.26 bits per heavy atom. The molecule has 0 heterocycles. The van der Waals surface area contributed by atoms with Gasteiger partial charge in [-0.2, -0.15) is 0 Å². The van der Waals surface area contributed by atoms with E-state index in [0.717, 1.165) is 5.56 Å². The third-order valence-corrected chi connectivity index (χ3v) is 3.33. The van der Waals surface area contributed by atoms with E-state index in [1.807, 2.05) is 12.1 Å². The standard InChI is InChI=1S/C16H27NO6/c1-21-15-4-3-13(9-16(15)22-2)11-23-12-14(20)10-17(5-7-18)6-8-19/h3-4,9,14,18-20H,5-8,10-12H2,1-2H3/t14-/m1/s1. The Morgan fingerprint density at radius 2 is 1.70 bits per heavy atom. The predicted octanol–water partition coefficient (Wildman–Crippen LogP) is -0.132. The van der Waals surface area contributed by atoms with Crippen LogP contribution in [0.25, 0.3) is 0 Å². The zero-order valence-electron chi connectivity index (χ0n) is 13.8. The van der Waals surface area contributed by atoms with E-state index in [1.165, 1.54) is 0 Å². The lowest BCUT2D eigenvalue weighted by atomic mass is 10.2. The molecule has 1 aromatic carbocycles. The number of hydrogen-bond acceptors (Lipinski definition) is 7. The van der Waals surface area contributed by atoms with Crippen molar-refractivity contribution in [2.24, 2.45) is 0 Å². The Balaban J connectivity index is 2.40. The molecule has 0 radical (unpaired) electrons. The van der Waals surface area contributed by atoms with Crippen LogP contribution in [0, 0.1) is 0 Å². The van der Waals surface area contributed by atoms with E-state index in [4.69, 9.17) is 24.4 Å². The molecule has 0 aromatic heterocycles. The van der Waals surface area contributed by atoms with Crippen LogP contribution in [-0.4, -0.2) is 80.0 Å². The van der Waals surface area contributed by atoms with Crippen LogP contribution in [0.3, 0.4) is 0 Å². The summed E-state index contributed by atoms with van der Waals surface area (Å²) in [6.07, 6.45) is -0.687. The SMILES string of the molecule is COc1ccc(COC[C@H](O)CN(CCO)CCO)cc1OC. The molecule has 7 heteroatoms. The van der Waals surface area contributed by atoms with Crippen LogP contribution >= 0.6 is 0 Å². The van der Waals surface area contributed by atoms with Gasteiger partial charge in [-0.05, 0) is 17.7 Å². The summed E-state index contributed by atoms with van der Waals surface area (Å²) in [6.45, 7) is 1.64. The monoisotopic (exact) mass is 329 g/mol. The van der Waals surface area contributed by atoms with Crippen LogP contribution in [0.15, 0.2) is 18.2 Å². The highest BCUT2D eigenvalue weighted by molar-refractivity contribution is 5.42. The maximum absolute atomic E-state index is 9.96. The minimum absolute atomic E-state index is 0.0147. The topological polar surface area (TPSA) is 91.6 Å². The largest absolute Gasteiger partial charge is 0.493 e. The van der Waals surface area contributed by atoms with Gasteiger partial charge in [-0.3, -0.25) is 4.90 Å². The molecule has 0 fully saturated rings. The van der Waals surface area contributed by atoms with Crippen molar-refractivity contribution >= 4 is 0 Å². The van der Waals surface area contributed by atoms with E-state index >= 15 is 0 Å². The van der Waals surface area contributed by atoms with Gasteiger partial charge < -0.3 is 29.5 Å². The summed E-state index contributed by atoms with van der Waals surface area (Å²) in [5.41, 5.74) is 0.914. The zero-order valence-corrected chi connectivity index (χ0v) is 13.8.